The molecule has 7 heteroatoms. The van der Waals surface area contributed by atoms with Gasteiger partial charge in [-0.05, 0) is 35.9 Å². The quantitative estimate of drug-likeness (QED) is 0.509. The third-order valence-corrected chi connectivity index (χ3v) is 3.89. The van der Waals surface area contributed by atoms with Crippen LogP contribution in [0.2, 0.25) is 5.15 Å². The molecule has 0 amide bonds. The molecule has 2 N–H and O–H groups in total. The minimum absolute atomic E-state index is 0.116. The van der Waals surface area contributed by atoms with Crippen molar-refractivity contribution in [3.63, 3.8) is 0 Å². The second kappa shape index (κ2) is 5.93. The Balaban J connectivity index is 2.11. The number of alkyl halides is 3. The van der Waals surface area contributed by atoms with Gasteiger partial charge >= 0.3 is 6.18 Å². The Labute approximate surface area is 123 Å². The van der Waals surface area contributed by atoms with Crippen molar-refractivity contribution >= 4 is 29.1 Å². The van der Waals surface area contributed by atoms with E-state index < -0.39 is 11.7 Å². The lowest BCUT2D eigenvalue weighted by molar-refractivity contribution is -0.137. The van der Waals surface area contributed by atoms with Gasteiger partial charge in [-0.25, -0.2) is 4.98 Å². The smallest absolute Gasteiger partial charge is 0.398 e. The summed E-state index contributed by atoms with van der Waals surface area (Å²) in [5.74, 6) is 0.553. The maximum absolute atomic E-state index is 12.5. The summed E-state index contributed by atoms with van der Waals surface area (Å²) in [5.41, 5.74) is 5.95. The number of aromatic nitrogens is 1. The van der Waals surface area contributed by atoms with Gasteiger partial charge in [0.15, 0.2) is 0 Å². The summed E-state index contributed by atoms with van der Waals surface area (Å²) >= 11 is 7.11. The number of hydrogen-bond donors (Lipinski definition) is 1. The minimum Gasteiger partial charge on any atom is -0.398 e. The average molecular weight is 319 g/mol. The highest BCUT2D eigenvalue weighted by atomic mass is 35.5. The normalized spacial score (nSPS) is 11.6. The second-order valence-electron chi connectivity index (χ2n) is 4.03. The van der Waals surface area contributed by atoms with E-state index in [1.165, 1.54) is 17.8 Å². The van der Waals surface area contributed by atoms with Gasteiger partial charge in [0.2, 0.25) is 0 Å². The predicted octanol–water partition coefficient (Wildman–Crippen LogP) is 4.63. The molecular formula is C13H10ClF3N2S. The Morgan fingerprint density at radius 1 is 1.20 bits per heavy atom. The number of benzene rings is 1. The van der Waals surface area contributed by atoms with E-state index in [2.05, 4.69) is 4.98 Å². The van der Waals surface area contributed by atoms with Crippen molar-refractivity contribution in [3.05, 3.63) is 52.8 Å². The molecule has 1 aromatic heterocycles. The van der Waals surface area contributed by atoms with E-state index in [-0.39, 0.29) is 5.69 Å². The molecule has 2 nitrogen and oxygen atoms in total. The first kappa shape index (κ1) is 15.0. The molecule has 20 heavy (non-hydrogen) atoms. The van der Waals surface area contributed by atoms with Crippen LogP contribution in [0.3, 0.4) is 0 Å². The Morgan fingerprint density at radius 3 is 2.55 bits per heavy atom. The van der Waals surface area contributed by atoms with E-state index in [4.69, 9.17) is 17.3 Å². The van der Waals surface area contributed by atoms with Crippen molar-refractivity contribution in [2.24, 2.45) is 0 Å². The van der Waals surface area contributed by atoms with E-state index in [1.807, 2.05) is 0 Å². The van der Waals surface area contributed by atoms with Gasteiger partial charge in [0.05, 0.1) is 5.56 Å². The van der Waals surface area contributed by atoms with Crippen molar-refractivity contribution in [3.8, 4) is 0 Å². The van der Waals surface area contributed by atoms with Gasteiger partial charge in [0.1, 0.15) is 5.15 Å². The van der Waals surface area contributed by atoms with E-state index in [0.29, 0.717) is 15.8 Å². The predicted molar refractivity (Wildman–Crippen MR) is 74.7 cm³/mol. The van der Waals surface area contributed by atoms with Crippen LogP contribution in [0, 0.1) is 0 Å². The first-order valence-corrected chi connectivity index (χ1v) is 6.92. The molecule has 0 atom stereocenters. The summed E-state index contributed by atoms with van der Waals surface area (Å²) in [5, 5.41) is 0.378. The van der Waals surface area contributed by atoms with Gasteiger partial charge in [-0.1, -0.05) is 11.6 Å². The Morgan fingerprint density at radius 2 is 1.95 bits per heavy atom. The first-order valence-electron chi connectivity index (χ1n) is 5.56. The lowest BCUT2D eigenvalue weighted by atomic mass is 10.2. The van der Waals surface area contributed by atoms with Gasteiger partial charge in [0.25, 0.3) is 0 Å². The highest BCUT2D eigenvalue weighted by Crippen LogP contribution is 2.35. The molecule has 0 saturated heterocycles. The van der Waals surface area contributed by atoms with Crippen LogP contribution in [0.1, 0.15) is 11.1 Å². The maximum Gasteiger partial charge on any atom is 0.416 e. The fourth-order valence-corrected chi connectivity index (χ4v) is 2.64. The largest absolute Gasteiger partial charge is 0.416 e. The number of rotatable bonds is 3. The summed E-state index contributed by atoms with van der Waals surface area (Å²) in [6.45, 7) is 0. The Bertz CT molecular complexity index is 617. The first-order chi connectivity index (χ1) is 9.36. The Hall–Kier alpha value is -1.40. The molecular weight excluding hydrogens is 309 g/mol. The molecule has 0 aliphatic rings. The van der Waals surface area contributed by atoms with Crippen molar-refractivity contribution in [1.29, 1.82) is 0 Å². The fourth-order valence-electron chi connectivity index (χ4n) is 1.55. The summed E-state index contributed by atoms with van der Waals surface area (Å²) in [4.78, 5) is 4.46. The SMILES string of the molecule is Nc1cc(C(F)(F)F)ccc1SCc1ccnc(Cl)c1. The molecule has 0 aliphatic carbocycles. The number of thioether (sulfide) groups is 1. The van der Waals surface area contributed by atoms with Gasteiger partial charge in [-0.3, -0.25) is 0 Å². The maximum atomic E-state index is 12.5. The fraction of sp³-hybridized carbons (Fsp3) is 0.154. The monoisotopic (exact) mass is 318 g/mol. The van der Waals surface area contributed by atoms with Crippen molar-refractivity contribution in [2.45, 2.75) is 16.8 Å². The van der Waals surface area contributed by atoms with Crippen molar-refractivity contribution in [1.82, 2.24) is 4.98 Å². The van der Waals surface area contributed by atoms with E-state index >= 15 is 0 Å². The molecule has 1 aromatic carbocycles. The summed E-state index contributed by atoms with van der Waals surface area (Å²) < 4.78 is 37.5. The zero-order valence-electron chi connectivity index (χ0n) is 10.1. The van der Waals surface area contributed by atoms with Crippen LogP contribution in [0.5, 0.6) is 0 Å². The molecule has 0 unspecified atom stereocenters. The Kier molecular flexibility index (Phi) is 4.45. The zero-order chi connectivity index (χ0) is 14.8. The standard InChI is InChI=1S/C13H10ClF3N2S/c14-12-5-8(3-4-19-12)7-20-11-2-1-9(6-10(11)18)13(15,16)17/h1-6H,7,18H2. The van der Waals surface area contributed by atoms with Crippen LogP contribution in [-0.4, -0.2) is 4.98 Å². The minimum atomic E-state index is -4.38. The van der Waals surface area contributed by atoms with E-state index in [0.717, 1.165) is 17.7 Å². The van der Waals surface area contributed by atoms with Crippen molar-refractivity contribution < 1.29 is 13.2 Å². The molecule has 0 bridgehead atoms. The summed E-state index contributed by atoms with van der Waals surface area (Å²) in [7, 11) is 0. The molecule has 2 rings (SSSR count). The van der Waals surface area contributed by atoms with Gasteiger partial charge in [-0.2, -0.15) is 13.2 Å². The second-order valence-corrected chi connectivity index (χ2v) is 5.43. The average Bonchev–Trinajstić information content (AvgIpc) is 2.36. The molecule has 0 aliphatic heterocycles. The third kappa shape index (κ3) is 3.80. The highest BCUT2D eigenvalue weighted by Gasteiger charge is 2.30. The lowest BCUT2D eigenvalue weighted by Crippen LogP contribution is -2.05. The van der Waals surface area contributed by atoms with Crippen LogP contribution >= 0.6 is 23.4 Å². The molecule has 2 aromatic rings. The van der Waals surface area contributed by atoms with E-state index in [1.54, 1.807) is 18.3 Å². The third-order valence-electron chi connectivity index (χ3n) is 2.52. The van der Waals surface area contributed by atoms with Gasteiger partial charge in [0, 0.05) is 22.5 Å². The van der Waals surface area contributed by atoms with Crippen LogP contribution < -0.4 is 5.73 Å². The molecule has 1 heterocycles. The molecule has 0 spiro atoms. The van der Waals surface area contributed by atoms with Crippen LogP contribution in [0.25, 0.3) is 0 Å². The molecule has 0 saturated carbocycles. The number of nitrogens with two attached hydrogens (primary N) is 1. The number of pyridine rings is 1. The molecule has 0 radical (unpaired) electrons. The van der Waals surface area contributed by atoms with Gasteiger partial charge < -0.3 is 5.73 Å². The number of hydrogen-bond acceptors (Lipinski definition) is 3. The number of halogens is 4. The molecule has 0 fully saturated rings. The number of nitrogens with zero attached hydrogens (tertiary/aromatic N) is 1. The highest BCUT2D eigenvalue weighted by molar-refractivity contribution is 7.98. The number of anilines is 1. The van der Waals surface area contributed by atoms with Gasteiger partial charge in [-0.15, -0.1) is 11.8 Å². The lowest BCUT2D eigenvalue weighted by Gasteiger charge is -2.10. The zero-order valence-corrected chi connectivity index (χ0v) is 11.7. The van der Waals surface area contributed by atoms with Crippen LogP contribution in [-0.2, 0) is 11.9 Å². The summed E-state index contributed by atoms with van der Waals surface area (Å²) in [6, 6.07) is 6.85. The summed E-state index contributed by atoms with van der Waals surface area (Å²) in [6.07, 6.45) is -2.80. The van der Waals surface area contributed by atoms with Crippen LogP contribution in [0.4, 0.5) is 18.9 Å². The topological polar surface area (TPSA) is 38.9 Å². The van der Waals surface area contributed by atoms with E-state index in [9.17, 15) is 13.2 Å². The molecule has 106 valence electrons. The number of nitrogen functional groups attached to an aromatic ring is 1. The van der Waals surface area contributed by atoms with Crippen LogP contribution in [0.15, 0.2) is 41.4 Å². The van der Waals surface area contributed by atoms with Crippen molar-refractivity contribution in [2.75, 3.05) is 5.73 Å².